The second kappa shape index (κ2) is 19.9. The van der Waals surface area contributed by atoms with E-state index in [0.29, 0.717) is 6.40 Å². The highest BCUT2D eigenvalue weighted by atomic mass is 32.3. The van der Waals surface area contributed by atoms with Crippen molar-refractivity contribution >= 4 is 108 Å². The lowest BCUT2D eigenvalue weighted by atomic mass is 10.1. The van der Waals surface area contributed by atoms with Gasteiger partial charge in [0, 0.05) is 0 Å². The largest absolute Gasteiger partial charge is 0.479 e. The van der Waals surface area contributed by atoms with Crippen LogP contribution in [0.1, 0.15) is 15.9 Å². The van der Waals surface area contributed by atoms with Crippen molar-refractivity contribution in [3.63, 3.8) is 0 Å². The summed E-state index contributed by atoms with van der Waals surface area (Å²) in [6, 6.07) is 11.9. The molecule has 0 saturated heterocycles. The van der Waals surface area contributed by atoms with Crippen molar-refractivity contribution in [1.29, 1.82) is 5.41 Å². The third-order valence-corrected chi connectivity index (χ3v) is 12.9. The van der Waals surface area contributed by atoms with Gasteiger partial charge in [0.1, 0.15) is 39.8 Å². The summed E-state index contributed by atoms with van der Waals surface area (Å²) >= 11 is 0. The molecule has 0 fully saturated rings. The van der Waals surface area contributed by atoms with E-state index in [0.717, 1.165) is 60.7 Å². The number of nitrogens with two attached hydrogens (primary N) is 2. The van der Waals surface area contributed by atoms with Gasteiger partial charge in [-0.2, -0.15) is 35.5 Å². The number of ether oxygens (including phenoxy) is 1. The molecule has 0 radical (unpaired) electrons. The predicted octanol–water partition coefficient (Wildman–Crippen LogP) is 4.35. The number of carbonyl (C=O) groups is 1. The van der Waals surface area contributed by atoms with Gasteiger partial charge in [0.2, 0.25) is 0 Å². The van der Waals surface area contributed by atoms with Crippen molar-refractivity contribution in [2.24, 2.45) is 30.7 Å². The highest BCUT2D eigenvalue weighted by Crippen LogP contribution is 2.49. The van der Waals surface area contributed by atoms with Crippen LogP contribution in [0.3, 0.4) is 0 Å². The molecular formula is C31H31N9O18S5. The minimum Gasteiger partial charge on any atom is -0.479 e. The molecule has 0 amide bonds. The van der Waals surface area contributed by atoms with Crippen LogP contribution in [-0.4, -0.2) is 97.9 Å². The maximum absolute atomic E-state index is 12.8. The number of carboxylic acid groups (broad SMARTS) is 1. The lowest BCUT2D eigenvalue weighted by Gasteiger charge is -2.13. The fourth-order valence-corrected chi connectivity index (χ4v) is 8.49. The fourth-order valence-electron chi connectivity index (χ4n) is 4.84. The number of carboxylic acids is 1. The lowest BCUT2D eigenvalue weighted by molar-refractivity contribution is 0.0698. The highest BCUT2D eigenvalue weighted by molar-refractivity contribution is 7.91. The van der Waals surface area contributed by atoms with Gasteiger partial charge in [-0.1, -0.05) is 6.07 Å². The standard InChI is InChI=1S/C31H31N9O18S5/c32-17-56-16-18-1-10-23(24(15-18)61(47,48)49)37-39-29-25(31(41)42)28(38-35-19-2-6-21(7-3-19)59(43,44)13-11-57-62(50,51)52)26(33)30(27(29)34)40-36-20-4-8-22(9-5-20)60(45,46)14-12-58-63(53,54)55/h1-10,15,17,32H,11-14,16,33-34H2,(H,41,42)(H,47,48,49)(H,50,51,52)(H,53,54,55). The molecule has 4 rings (SSSR count). The Bertz CT molecular complexity index is 3070. The molecule has 32 heteroatoms. The van der Waals surface area contributed by atoms with Crippen LogP contribution in [0.4, 0.5) is 45.5 Å². The van der Waals surface area contributed by atoms with Crippen molar-refractivity contribution in [3.05, 3.63) is 77.9 Å². The first-order valence-electron chi connectivity index (χ1n) is 16.6. The van der Waals surface area contributed by atoms with Gasteiger partial charge >= 0.3 is 26.8 Å². The highest BCUT2D eigenvalue weighted by Gasteiger charge is 2.28. The Kier molecular flexibility index (Phi) is 15.6. The van der Waals surface area contributed by atoms with Crippen LogP contribution in [0.2, 0.25) is 0 Å². The number of aromatic carboxylic acids is 1. The van der Waals surface area contributed by atoms with Crippen LogP contribution in [0.15, 0.2) is 112 Å². The van der Waals surface area contributed by atoms with Gasteiger partial charge in [-0.25, -0.2) is 30.0 Å². The van der Waals surface area contributed by atoms with Crippen LogP contribution < -0.4 is 11.5 Å². The van der Waals surface area contributed by atoms with E-state index in [1.54, 1.807) is 0 Å². The number of nitrogens with zero attached hydrogens (tertiary/aromatic N) is 6. The number of sulfone groups is 2. The van der Waals surface area contributed by atoms with Crippen LogP contribution in [0.5, 0.6) is 0 Å². The van der Waals surface area contributed by atoms with E-state index in [4.69, 9.17) is 30.7 Å². The van der Waals surface area contributed by atoms with E-state index in [9.17, 15) is 56.5 Å². The maximum atomic E-state index is 12.8. The number of benzene rings is 4. The maximum Gasteiger partial charge on any atom is 0.397 e. The second-order valence-electron chi connectivity index (χ2n) is 12.0. The van der Waals surface area contributed by atoms with E-state index < -0.39 is 126 Å². The van der Waals surface area contributed by atoms with E-state index in [1.807, 2.05) is 0 Å². The zero-order valence-electron chi connectivity index (χ0n) is 31.3. The topological polar surface area (TPSA) is 446 Å². The molecule has 0 spiro atoms. The van der Waals surface area contributed by atoms with Crippen LogP contribution in [0.25, 0.3) is 0 Å². The number of anilines is 2. The predicted molar refractivity (Wildman–Crippen MR) is 217 cm³/mol. The van der Waals surface area contributed by atoms with Gasteiger partial charge < -0.3 is 21.3 Å². The summed E-state index contributed by atoms with van der Waals surface area (Å²) in [7, 11) is -23.2. The van der Waals surface area contributed by atoms with Crippen molar-refractivity contribution in [1.82, 2.24) is 0 Å². The average molecular weight is 978 g/mol. The summed E-state index contributed by atoms with van der Waals surface area (Å²) in [6.45, 7) is -2.11. The number of nitrogen functional groups attached to an aromatic ring is 2. The molecule has 9 N–H and O–H groups in total. The Morgan fingerprint density at radius 3 is 1.44 bits per heavy atom. The summed E-state index contributed by atoms with van der Waals surface area (Å²) in [6.07, 6.45) is 0.576. The molecule has 4 aromatic carbocycles. The van der Waals surface area contributed by atoms with Gasteiger partial charge in [0.05, 0.1) is 57.3 Å². The van der Waals surface area contributed by atoms with E-state index in [1.165, 1.54) is 6.07 Å². The number of azo groups is 3. The first-order chi connectivity index (χ1) is 29.2. The normalized spacial score (nSPS) is 12.9. The minimum absolute atomic E-state index is 0.0694. The van der Waals surface area contributed by atoms with Gasteiger partial charge in [0.15, 0.2) is 26.1 Å². The number of hydrogen-bond acceptors (Lipinski definition) is 23. The quantitative estimate of drug-likeness (QED) is 0.0200. The number of hydrogen-bond donors (Lipinski definition) is 7. The van der Waals surface area contributed by atoms with E-state index in [-0.39, 0.29) is 33.3 Å². The molecule has 0 bridgehead atoms. The molecule has 0 heterocycles. The Morgan fingerprint density at radius 2 is 1.05 bits per heavy atom. The molecule has 0 unspecified atom stereocenters. The summed E-state index contributed by atoms with van der Waals surface area (Å²) < 4.78 is 158. The van der Waals surface area contributed by atoms with E-state index in [2.05, 4.69) is 39.1 Å². The first-order valence-corrected chi connectivity index (χ1v) is 24.0. The van der Waals surface area contributed by atoms with Crippen molar-refractivity contribution in [2.75, 3.05) is 36.2 Å². The van der Waals surface area contributed by atoms with Gasteiger partial charge in [0.25, 0.3) is 10.1 Å². The number of rotatable bonds is 21. The summed E-state index contributed by atoms with van der Waals surface area (Å²) in [5.74, 6) is -3.51. The van der Waals surface area contributed by atoms with Crippen LogP contribution in [-0.2, 0) is 70.3 Å². The van der Waals surface area contributed by atoms with Gasteiger partial charge in [-0.15, -0.1) is 20.5 Å². The molecule has 0 aromatic heterocycles. The van der Waals surface area contributed by atoms with Crippen molar-refractivity contribution < 1.29 is 78.8 Å². The summed E-state index contributed by atoms with van der Waals surface area (Å²) in [5.41, 5.74) is 7.88. The molecule has 0 saturated carbocycles. The number of nitrogens with one attached hydrogen (secondary N) is 1. The summed E-state index contributed by atoms with van der Waals surface area (Å²) in [4.78, 5) is 11.3. The van der Waals surface area contributed by atoms with Crippen LogP contribution in [0, 0.1) is 5.41 Å². The Balaban J connectivity index is 1.84. The molecule has 0 atom stereocenters. The first kappa shape index (κ1) is 49.4. The molecular weight excluding hydrogens is 947 g/mol. The molecule has 27 nitrogen and oxygen atoms in total. The lowest BCUT2D eigenvalue weighted by Crippen LogP contribution is -2.15. The second-order valence-corrected chi connectivity index (χ2v) is 19.8. The molecule has 0 aliphatic heterocycles. The summed E-state index contributed by atoms with van der Waals surface area (Å²) in [5, 5.41) is 40.7. The Labute approximate surface area is 357 Å². The molecule has 63 heavy (non-hydrogen) atoms. The monoisotopic (exact) mass is 977 g/mol. The van der Waals surface area contributed by atoms with Crippen LogP contribution >= 0.6 is 0 Å². The van der Waals surface area contributed by atoms with Gasteiger partial charge in [-0.05, 0) is 66.2 Å². The minimum atomic E-state index is -5.03. The third kappa shape index (κ3) is 13.9. The van der Waals surface area contributed by atoms with E-state index >= 15 is 0 Å². The van der Waals surface area contributed by atoms with Crippen molar-refractivity contribution in [2.45, 2.75) is 21.3 Å². The SMILES string of the molecule is N=COCc1ccc(N=Nc2c(N)c(N=Nc3ccc(S(=O)(=O)CCOS(=O)(=O)O)cc3)c(N)c(N=Nc3ccc(S(=O)(=O)CCOS(=O)(=O)O)cc3)c2C(=O)O)c(S(=O)(=O)O)c1. The smallest absolute Gasteiger partial charge is 0.397 e. The Hall–Kier alpha value is -6.23. The third-order valence-electron chi connectivity index (χ3n) is 7.69. The average Bonchev–Trinajstić information content (AvgIpc) is 3.18. The fraction of sp³-hybridized carbons (Fsp3) is 0.161. The zero-order chi connectivity index (χ0) is 47.0. The molecule has 0 aliphatic carbocycles. The molecule has 0 aliphatic rings. The molecule has 4 aromatic rings. The van der Waals surface area contributed by atoms with Crippen molar-refractivity contribution in [3.8, 4) is 0 Å². The zero-order valence-corrected chi connectivity index (χ0v) is 35.4. The van der Waals surface area contributed by atoms with Gasteiger partial charge in [-0.3, -0.25) is 19.1 Å². The molecule has 338 valence electrons. The Morgan fingerprint density at radius 1 is 0.619 bits per heavy atom.